The van der Waals surface area contributed by atoms with E-state index in [9.17, 15) is 4.39 Å². The van der Waals surface area contributed by atoms with Crippen molar-refractivity contribution >= 4 is 0 Å². The zero-order valence-corrected chi connectivity index (χ0v) is 14.6. The predicted octanol–water partition coefficient (Wildman–Crippen LogP) is 3.11. The van der Waals surface area contributed by atoms with Crippen molar-refractivity contribution in [2.24, 2.45) is 7.05 Å². The van der Waals surface area contributed by atoms with Crippen molar-refractivity contribution < 1.29 is 4.39 Å². The molecule has 2 aromatic rings. The van der Waals surface area contributed by atoms with Crippen LogP contribution < -0.4 is 5.32 Å². The van der Waals surface area contributed by atoms with Gasteiger partial charge in [-0.15, -0.1) is 0 Å². The molecule has 0 aliphatic carbocycles. The summed E-state index contributed by atoms with van der Waals surface area (Å²) in [6, 6.07) is 7.31. The van der Waals surface area contributed by atoms with Crippen molar-refractivity contribution in [2.45, 2.75) is 38.3 Å². The first-order valence-corrected chi connectivity index (χ1v) is 8.88. The summed E-state index contributed by atoms with van der Waals surface area (Å²) in [4.78, 5) is 2.53. The molecule has 24 heavy (non-hydrogen) atoms. The third-order valence-corrected chi connectivity index (χ3v) is 4.77. The molecule has 0 amide bonds. The number of benzene rings is 1. The van der Waals surface area contributed by atoms with Crippen LogP contribution >= 0.6 is 0 Å². The minimum Gasteiger partial charge on any atom is -0.303 e. The smallest absolute Gasteiger partial charge is 0.123 e. The van der Waals surface area contributed by atoms with Gasteiger partial charge in [0.1, 0.15) is 5.82 Å². The number of aryl methyl sites for hydroxylation is 1. The molecule has 5 heteroatoms. The normalized spacial score (nSPS) is 18.0. The molecule has 1 atom stereocenters. The Morgan fingerprint density at radius 3 is 2.71 bits per heavy atom. The van der Waals surface area contributed by atoms with E-state index >= 15 is 0 Å². The standard InChI is InChI=1S/C19H27FN4/c1-3-9-24-10-7-18(8-11-24)22-19(16-13-21-23(2)14-16)15-5-4-6-17(20)12-15/h4-6,12-14,18-19,22H,3,7-11H2,1-2H3. The monoisotopic (exact) mass is 330 g/mol. The lowest BCUT2D eigenvalue weighted by Crippen LogP contribution is -2.44. The highest BCUT2D eigenvalue weighted by molar-refractivity contribution is 5.29. The van der Waals surface area contributed by atoms with Gasteiger partial charge in [-0.1, -0.05) is 19.1 Å². The molecular weight excluding hydrogens is 303 g/mol. The highest BCUT2D eigenvalue weighted by Gasteiger charge is 2.24. The Morgan fingerprint density at radius 1 is 1.29 bits per heavy atom. The van der Waals surface area contributed by atoms with Gasteiger partial charge in [0.2, 0.25) is 0 Å². The van der Waals surface area contributed by atoms with Crippen molar-refractivity contribution in [3.8, 4) is 0 Å². The molecule has 0 radical (unpaired) electrons. The molecule has 1 aromatic heterocycles. The first-order valence-electron chi connectivity index (χ1n) is 8.88. The lowest BCUT2D eigenvalue weighted by atomic mass is 9.97. The summed E-state index contributed by atoms with van der Waals surface area (Å²) in [5.74, 6) is -0.194. The third-order valence-electron chi connectivity index (χ3n) is 4.77. The molecular formula is C19H27FN4. The van der Waals surface area contributed by atoms with Crippen molar-refractivity contribution in [3.63, 3.8) is 0 Å². The topological polar surface area (TPSA) is 33.1 Å². The van der Waals surface area contributed by atoms with Crippen LogP contribution in [0.25, 0.3) is 0 Å². The van der Waals surface area contributed by atoms with Crippen LogP contribution in [-0.4, -0.2) is 40.4 Å². The summed E-state index contributed by atoms with van der Waals surface area (Å²) in [5, 5.41) is 8.03. The van der Waals surface area contributed by atoms with Gasteiger partial charge in [-0.2, -0.15) is 5.10 Å². The number of aromatic nitrogens is 2. The Morgan fingerprint density at radius 2 is 2.08 bits per heavy atom. The van der Waals surface area contributed by atoms with Gasteiger partial charge in [0.25, 0.3) is 0 Å². The summed E-state index contributed by atoms with van der Waals surface area (Å²) in [6.45, 7) is 5.68. The Balaban J connectivity index is 1.74. The Bertz CT molecular complexity index is 646. The molecule has 1 fully saturated rings. The summed E-state index contributed by atoms with van der Waals surface area (Å²) < 4.78 is 15.5. The van der Waals surface area contributed by atoms with E-state index in [2.05, 4.69) is 22.2 Å². The van der Waals surface area contributed by atoms with E-state index in [1.165, 1.54) is 19.0 Å². The average molecular weight is 330 g/mol. The molecule has 1 saturated heterocycles. The molecule has 2 heterocycles. The van der Waals surface area contributed by atoms with Crippen LogP contribution in [0.1, 0.15) is 43.4 Å². The highest BCUT2D eigenvalue weighted by atomic mass is 19.1. The van der Waals surface area contributed by atoms with Crippen molar-refractivity contribution in [1.82, 2.24) is 20.0 Å². The summed E-state index contributed by atoms with van der Waals surface area (Å²) in [5.41, 5.74) is 2.04. The van der Waals surface area contributed by atoms with E-state index < -0.39 is 0 Å². The molecule has 1 N–H and O–H groups in total. The number of hydrogen-bond donors (Lipinski definition) is 1. The van der Waals surface area contributed by atoms with E-state index in [1.807, 2.05) is 25.5 Å². The van der Waals surface area contributed by atoms with Crippen LogP contribution in [-0.2, 0) is 7.05 Å². The van der Waals surface area contributed by atoms with Crippen LogP contribution in [0.2, 0.25) is 0 Å². The average Bonchev–Trinajstić information content (AvgIpc) is 3.00. The minimum absolute atomic E-state index is 0.0166. The molecule has 3 rings (SSSR count). The highest BCUT2D eigenvalue weighted by Crippen LogP contribution is 2.25. The van der Waals surface area contributed by atoms with Gasteiger partial charge in [-0.25, -0.2) is 4.39 Å². The van der Waals surface area contributed by atoms with E-state index in [-0.39, 0.29) is 11.9 Å². The number of nitrogens with zero attached hydrogens (tertiary/aromatic N) is 3. The first-order chi connectivity index (χ1) is 11.7. The lowest BCUT2D eigenvalue weighted by molar-refractivity contribution is 0.194. The molecule has 130 valence electrons. The molecule has 0 saturated carbocycles. The van der Waals surface area contributed by atoms with E-state index in [1.54, 1.807) is 16.8 Å². The summed E-state index contributed by atoms with van der Waals surface area (Å²) in [6.07, 6.45) is 7.35. The third kappa shape index (κ3) is 4.22. The maximum absolute atomic E-state index is 13.7. The number of piperidine rings is 1. The number of halogens is 1. The van der Waals surface area contributed by atoms with Crippen LogP contribution in [0.4, 0.5) is 4.39 Å². The van der Waals surface area contributed by atoms with Crippen LogP contribution in [0.15, 0.2) is 36.7 Å². The van der Waals surface area contributed by atoms with E-state index in [4.69, 9.17) is 0 Å². The van der Waals surface area contributed by atoms with E-state index in [0.717, 1.165) is 37.1 Å². The van der Waals surface area contributed by atoms with Gasteiger partial charge in [0, 0.05) is 24.8 Å². The van der Waals surface area contributed by atoms with Crippen LogP contribution in [0, 0.1) is 5.82 Å². The summed E-state index contributed by atoms with van der Waals surface area (Å²) >= 11 is 0. The number of likely N-dealkylation sites (tertiary alicyclic amines) is 1. The molecule has 1 unspecified atom stereocenters. The fourth-order valence-corrected chi connectivity index (χ4v) is 3.54. The molecule has 1 aliphatic heterocycles. The fourth-order valence-electron chi connectivity index (χ4n) is 3.54. The van der Waals surface area contributed by atoms with Crippen molar-refractivity contribution in [1.29, 1.82) is 0 Å². The Labute approximate surface area is 143 Å². The molecule has 0 bridgehead atoms. The zero-order chi connectivity index (χ0) is 16.9. The number of hydrogen-bond acceptors (Lipinski definition) is 3. The molecule has 1 aliphatic rings. The van der Waals surface area contributed by atoms with Gasteiger partial charge >= 0.3 is 0 Å². The van der Waals surface area contributed by atoms with Gasteiger partial charge < -0.3 is 10.2 Å². The summed E-state index contributed by atoms with van der Waals surface area (Å²) in [7, 11) is 1.91. The fraction of sp³-hybridized carbons (Fsp3) is 0.526. The van der Waals surface area contributed by atoms with Gasteiger partial charge in [0.05, 0.1) is 12.2 Å². The predicted molar refractivity (Wildman–Crippen MR) is 94.3 cm³/mol. The maximum atomic E-state index is 13.7. The van der Waals surface area contributed by atoms with Crippen molar-refractivity contribution in [2.75, 3.05) is 19.6 Å². The lowest BCUT2D eigenvalue weighted by Gasteiger charge is -2.34. The SMILES string of the molecule is CCCN1CCC(NC(c2cccc(F)c2)c2cnn(C)c2)CC1. The minimum atomic E-state index is -0.194. The zero-order valence-electron chi connectivity index (χ0n) is 14.6. The van der Waals surface area contributed by atoms with Gasteiger partial charge in [-0.3, -0.25) is 4.68 Å². The van der Waals surface area contributed by atoms with Gasteiger partial charge in [-0.05, 0) is 56.6 Å². The molecule has 4 nitrogen and oxygen atoms in total. The van der Waals surface area contributed by atoms with Crippen LogP contribution in [0.3, 0.4) is 0 Å². The quantitative estimate of drug-likeness (QED) is 0.883. The Hall–Kier alpha value is -1.72. The van der Waals surface area contributed by atoms with Crippen LogP contribution in [0.5, 0.6) is 0 Å². The number of nitrogens with one attached hydrogen (secondary N) is 1. The maximum Gasteiger partial charge on any atom is 0.123 e. The largest absolute Gasteiger partial charge is 0.303 e. The molecule has 1 aromatic carbocycles. The number of rotatable bonds is 6. The second-order valence-corrected chi connectivity index (χ2v) is 6.72. The molecule has 0 spiro atoms. The first kappa shape index (κ1) is 17.1. The van der Waals surface area contributed by atoms with Crippen molar-refractivity contribution in [3.05, 3.63) is 53.6 Å². The second-order valence-electron chi connectivity index (χ2n) is 6.72. The van der Waals surface area contributed by atoms with E-state index in [0.29, 0.717) is 6.04 Å². The second kappa shape index (κ2) is 7.90. The van der Waals surface area contributed by atoms with Gasteiger partial charge in [0.15, 0.2) is 0 Å². The Kier molecular flexibility index (Phi) is 5.63.